The van der Waals surface area contributed by atoms with E-state index in [1.54, 1.807) is 0 Å². The smallest absolute Gasteiger partial charge is 0.306 e. The van der Waals surface area contributed by atoms with Gasteiger partial charge in [-0.1, -0.05) is 159 Å². The zero-order chi connectivity index (χ0) is 26.1. The van der Waals surface area contributed by atoms with Gasteiger partial charge < -0.3 is 4.74 Å². The average Bonchev–Trinajstić information content (AvgIpc) is 2.89. The lowest BCUT2D eigenvalue weighted by Gasteiger charge is -2.17. The van der Waals surface area contributed by atoms with E-state index < -0.39 is 0 Å². The van der Waals surface area contributed by atoms with Gasteiger partial charge in [-0.15, -0.1) is 0 Å². The standard InChI is InChI=1S/C34H60O2/c1-4-6-8-10-12-14-15-17-19-21-23-33(22-20-18-16-13-11-9-7-5-2)30-36-34(35)29-28-32-26-24-31(3)25-27-32/h24-27,33H,4-23,28-30H2,1-3H3. The first-order valence-corrected chi connectivity index (χ1v) is 15.9. The van der Waals surface area contributed by atoms with Gasteiger partial charge in [-0.3, -0.25) is 4.79 Å². The molecule has 0 aromatic heterocycles. The van der Waals surface area contributed by atoms with Crippen molar-refractivity contribution in [3.63, 3.8) is 0 Å². The molecule has 1 aromatic rings. The maximum Gasteiger partial charge on any atom is 0.306 e. The van der Waals surface area contributed by atoms with Crippen LogP contribution in [0.1, 0.15) is 160 Å². The van der Waals surface area contributed by atoms with Crippen LogP contribution in [0.5, 0.6) is 0 Å². The zero-order valence-corrected chi connectivity index (χ0v) is 24.5. The van der Waals surface area contributed by atoms with E-state index in [-0.39, 0.29) is 5.97 Å². The first-order valence-electron chi connectivity index (χ1n) is 15.9. The fourth-order valence-corrected chi connectivity index (χ4v) is 5.08. The Bertz CT molecular complexity index is 606. The van der Waals surface area contributed by atoms with E-state index in [0.29, 0.717) is 18.9 Å². The van der Waals surface area contributed by atoms with Gasteiger partial charge in [0.25, 0.3) is 0 Å². The maximum absolute atomic E-state index is 12.4. The van der Waals surface area contributed by atoms with Crippen molar-refractivity contribution in [2.24, 2.45) is 5.92 Å². The summed E-state index contributed by atoms with van der Waals surface area (Å²) in [5.74, 6) is 0.516. The molecule has 0 fully saturated rings. The summed E-state index contributed by atoms with van der Waals surface area (Å²) >= 11 is 0. The number of carbonyl (C=O) groups is 1. The molecule has 1 unspecified atom stereocenters. The monoisotopic (exact) mass is 500 g/mol. The molecule has 208 valence electrons. The van der Waals surface area contributed by atoms with Crippen molar-refractivity contribution in [3.8, 4) is 0 Å². The molecule has 1 rings (SSSR count). The molecular weight excluding hydrogens is 440 g/mol. The van der Waals surface area contributed by atoms with Crippen molar-refractivity contribution in [2.45, 2.75) is 162 Å². The molecule has 1 aromatic carbocycles. The highest BCUT2D eigenvalue weighted by Crippen LogP contribution is 2.21. The number of aryl methyl sites for hydroxylation is 2. The van der Waals surface area contributed by atoms with Crippen molar-refractivity contribution in [1.82, 2.24) is 0 Å². The molecule has 0 aliphatic rings. The molecule has 0 aliphatic heterocycles. The minimum atomic E-state index is -0.0282. The first kappa shape index (κ1) is 32.7. The number of carbonyl (C=O) groups excluding carboxylic acids is 1. The van der Waals surface area contributed by atoms with Gasteiger partial charge in [0.1, 0.15) is 0 Å². The lowest BCUT2D eigenvalue weighted by Crippen LogP contribution is -2.15. The van der Waals surface area contributed by atoms with E-state index in [4.69, 9.17) is 4.74 Å². The number of esters is 1. The van der Waals surface area contributed by atoms with E-state index in [1.165, 1.54) is 140 Å². The van der Waals surface area contributed by atoms with Gasteiger partial charge in [0, 0.05) is 6.42 Å². The summed E-state index contributed by atoms with van der Waals surface area (Å²) in [7, 11) is 0. The van der Waals surface area contributed by atoms with Crippen LogP contribution in [0.15, 0.2) is 24.3 Å². The second-order valence-corrected chi connectivity index (χ2v) is 11.3. The Morgan fingerprint density at radius 1 is 0.639 bits per heavy atom. The topological polar surface area (TPSA) is 26.3 Å². The van der Waals surface area contributed by atoms with E-state index >= 15 is 0 Å². The van der Waals surface area contributed by atoms with Gasteiger partial charge in [-0.2, -0.15) is 0 Å². The molecule has 2 nitrogen and oxygen atoms in total. The van der Waals surface area contributed by atoms with Gasteiger partial charge in [0.2, 0.25) is 0 Å². The second-order valence-electron chi connectivity index (χ2n) is 11.3. The van der Waals surface area contributed by atoms with Gasteiger partial charge in [0.15, 0.2) is 0 Å². The van der Waals surface area contributed by atoms with Crippen molar-refractivity contribution < 1.29 is 9.53 Å². The Balaban J connectivity index is 2.24. The number of hydrogen-bond acceptors (Lipinski definition) is 2. The van der Waals surface area contributed by atoms with Crippen LogP contribution < -0.4 is 0 Å². The Kier molecular flexibility index (Phi) is 21.9. The Labute approximate surface area is 225 Å². The minimum absolute atomic E-state index is 0.0282. The number of rotatable bonds is 25. The molecule has 0 heterocycles. The van der Waals surface area contributed by atoms with Crippen LogP contribution in [0.3, 0.4) is 0 Å². The first-order chi connectivity index (χ1) is 17.7. The highest BCUT2D eigenvalue weighted by Gasteiger charge is 2.12. The number of ether oxygens (including phenoxy) is 1. The van der Waals surface area contributed by atoms with Gasteiger partial charge in [0.05, 0.1) is 6.61 Å². The average molecular weight is 501 g/mol. The van der Waals surface area contributed by atoms with Crippen LogP contribution in [0.25, 0.3) is 0 Å². The number of hydrogen-bond donors (Lipinski definition) is 0. The van der Waals surface area contributed by atoms with Crippen LogP contribution in [-0.4, -0.2) is 12.6 Å². The summed E-state index contributed by atoms with van der Waals surface area (Å²) in [5, 5.41) is 0. The van der Waals surface area contributed by atoms with Crippen molar-refractivity contribution >= 4 is 5.97 Å². The highest BCUT2D eigenvalue weighted by molar-refractivity contribution is 5.69. The van der Waals surface area contributed by atoms with E-state index in [9.17, 15) is 4.79 Å². The summed E-state index contributed by atoms with van der Waals surface area (Å²) in [4.78, 5) is 12.4. The third kappa shape index (κ3) is 19.8. The van der Waals surface area contributed by atoms with E-state index in [2.05, 4.69) is 45.0 Å². The van der Waals surface area contributed by atoms with Crippen LogP contribution in [0.2, 0.25) is 0 Å². The molecule has 0 spiro atoms. The molecule has 0 saturated carbocycles. The third-order valence-electron chi connectivity index (χ3n) is 7.65. The molecule has 0 saturated heterocycles. The molecule has 0 radical (unpaired) electrons. The predicted molar refractivity (Wildman–Crippen MR) is 158 cm³/mol. The van der Waals surface area contributed by atoms with E-state index in [1.807, 2.05) is 0 Å². The highest BCUT2D eigenvalue weighted by atomic mass is 16.5. The lowest BCUT2D eigenvalue weighted by atomic mass is 9.94. The summed E-state index contributed by atoms with van der Waals surface area (Å²) in [6.07, 6.45) is 28.4. The quantitative estimate of drug-likeness (QED) is 0.0985. The SMILES string of the molecule is CCCCCCCCCCCCC(CCCCCCCCCC)COC(=O)CCc1ccc(C)cc1. The lowest BCUT2D eigenvalue weighted by molar-refractivity contribution is -0.145. The molecule has 36 heavy (non-hydrogen) atoms. The predicted octanol–water partition coefficient (Wildman–Crippen LogP) is 10.9. The zero-order valence-electron chi connectivity index (χ0n) is 24.5. The molecule has 0 aliphatic carbocycles. The fourth-order valence-electron chi connectivity index (χ4n) is 5.08. The second kappa shape index (κ2) is 24.1. The number of unbranched alkanes of at least 4 members (excludes halogenated alkanes) is 16. The Hall–Kier alpha value is -1.31. The molecular formula is C34H60O2. The minimum Gasteiger partial charge on any atom is -0.465 e. The molecule has 2 heteroatoms. The number of benzene rings is 1. The Morgan fingerprint density at radius 3 is 1.50 bits per heavy atom. The largest absolute Gasteiger partial charge is 0.465 e. The van der Waals surface area contributed by atoms with Gasteiger partial charge in [-0.25, -0.2) is 0 Å². The molecule has 0 bridgehead atoms. The maximum atomic E-state index is 12.4. The fraction of sp³-hybridized carbons (Fsp3) is 0.794. The van der Waals surface area contributed by atoms with Crippen molar-refractivity contribution in [3.05, 3.63) is 35.4 Å². The van der Waals surface area contributed by atoms with Crippen LogP contribution in [-0.2, 0) is 16.0 Å². The molecule has 1 atom stereocenters. The summed E-state index contributed by atoms with van der Waals surface area (Å²) < 4.78 is 5.78. The van der Waals surface area contributed by atoms with Crippen LogP contribution in [0.4, 0.5) is 0 Å². The van der Waals surface area contributed by atoms with Crippen molar-refractivity contribution in [1.29, 1.82) is 0 Å². The molecule has 0 N–H and O–H groups in total. The Morgan fingerprint density at radius 2 is 1.06 bits per heavy atom. The summed E-state index contributed by atoms with van der Waals surface area (Å²) in [6.45, 7) is 7.29. The molecule has 0 amide bonds. The van der Waals surface area contributed by atoms with Crippen LogP contribution >= 0.6 is 0 Å². The van der Waals surface area contributed by atoms with Gasteiger partial charge in [-0.05, 0) is 37.7 Å². The van der Waals surface area contributed by atoms with Crippen molar-refractivity contribution in [2.75, 3.05) is 6.61 Å². The van der Waals surface area contributed by atoms with Gasteiger partial charge >= 0.3 is 5.97 Å². The summed E-state index contributed by atoms with van der Waals surface area (Å²) in [6, 6.07) is 8.48. The van der Waals surface area contributed by atoms with Crippen LogP contribution in [0, 0.1) is 12.8 Å². The third-order valence-corrected chi connectivity index (χ3v) is 7.65. The summed E-state index contributed by atoms with van der Waals surface area (Å²) in [5.41, 5.74) is 2.48. The normalized spacial score (nSPS) is 12.1. The van der Waals surface area contributed by atoms with E-state index in [0.717, 1.165) is 6.42 Å².